The molecule has 6 nitrogen and oxygen atoms in total. The highest BCUT2D eigenvalue weighted by Gasteiger charge is 2.34. The third-order valence-electron chi connectivity index (χ3n) is 4.47. The average Bonchev–Trinajstić information content (AvgIpc) is 2.90. The maximum atomic E-state index is 12.3. The van der Waals surface area contributed by atoms with Crippen molar-refractivity contribution in [1.29, 1.82) is 0 Å². The molecule has 1 aliphatic rings. The summed E-state index contributed by atoms with van der Waals surface area (Å²) in [7, 11) is 0. The molecule has 0 saturated carbocycles. The molecule has 0 unspecified atom stereocenters. The minimum atomic E-state index is -0.192. The number of anilines is 1. The predicted octanol–water partition coefficient (Wildman–Crippen LogP) is 2.81. The number of hydrogen-bond acceptors (Lipinski definition) is 4. The van der Waals surface area contributed by atoms with Crippen molar-refractivity contribution in [3.05, 3.63) is 65.2 Å². The van der Waals surface area contributed by atoms with Crippen LogP contribution in [-0.4, -0.2) is 35.7 Å². The van der Waals surface area contributed by atoms with Crippen LogP contribution in [0.4, 0.5) is 5.69 Å². The van der Waals surface area contributed by atoms with E-state index in [1.54, 1.807) is 24.3 Å². The fourth-order valence-corrected chi connectivity index (χ4v) is 3.10. The molecule has 0 aliphatic carbocycles. The van der Waals surface area contributed by atoms with Gasteiger partial charge in [-0.25, -0.2) is 0 Å². The van der Waals surface area contributed by atoms with Gasteiger partial charge in [-0.2, -0.15) is 0 Å². The van der Waals surface area contributed by atoms with Crippen LogP contribution in [0.1, 0.15) is 46.0 Å². The molecule has 1 heterocycles. The van der Waals surface area contributed by atoms with Crippen molar-refractivity contribution >= 4 is 23.4 Å². The van der Waals surface area contributed by atoms with Gasteiger partial charge >= 0.3 is 0 Å². The number of amides is 3. The van der Waals surface area contributed by atoms with Gasteiger partial charge in [-0.15, -0.1) is 0 Å². The summed E-state index contributed by atoms with van der Waals surface area (Å²) in [4.78, 5) is 36.9. The summed E-state index contributed by atoms with van der Waals surface area (Å²) in [6, 6.07) is 14.7. The zero-order valence-corrected chi connectivity index (χ0v) is 15.3. The summed E-state index contributed by atoms with van der Waals surface area (Å²) >= 11 is 0. The fourth-order valence-electron chi connectivity index (χ4n) is 3.10. The van der Waals surface area contributed by atoms with Crippen molar-refractivity contribution in [3.63, 3.8) is 0 Å². The maximum absolute atomic E-state index is 12.3. The largest absolute Gasteiger partial charge is 0.326 e. The Hall–Kier alpha value is -2.99. The van der Waals surface area contributed by atoms with Gasteiger partial charge in [-0.1, -0.05) is 24.3 Å². The first-order valence-corrected chi connectivity index (χ1v) is 9.09. The van der Waals surface area contributed by atoms with Crippen LogP contribution in [-0.2, 0) is 11.3 Å². The van der Waals surface area contributed by atoms with Crippen molar-refractivity contribution < 1.29 is 14.4 Å². The SMILES string of the molecule is CC(=O)Nc1ccc(CNCCCCN2C(=O)c3ccccc3C2=O)cc1. The number of fused-ring (bicyclic) bond motifs is 1. The summed E-state index contributed by atoms with van der Waals surface area (Å²) in [5.41, 5.74) is 2.92. The third kappa shape index (κ3) is 4.60. The standard InChI is InChI=1S/C21H23N3O3/c1-15(25)23-17-10-8-16(9-11-17)14-22-12-4-5-13-24-20(26)18-6-2-3-7-19(18)21(24)27/h2-3,6-11,22H,4-5,12-14H2,1H3,(H,23,25). The Bertz CT molecular complexity index is 811. The molecule has 1 aliphatic heterocycles. The van der Waals surface area contributed by atoms with Crippen molar-refractivity contribution in [2.45, 2.75) is 26.3 Å². The van der Waals surface area contributed by atoms with E-state index >= 15 is 0 Å². The molecular weight excluding hydrogens is 342 g/mol. The summed E-state index contributed by atoms with van der Waals surface area (Å²) in [5.74, 6) is -0.468. The van der Waals surface area contributed by atoms with Crippen LogP contribution < -0.4 is 10.6 Å². The lowest BCUT2D eigenvalue weighted by atomic mass is 10.1. The quantitative estimate of drug-likeness (QED) is 0.557. The Balaban J connectivity index is 1.36. The lowest BCUT2D eigenvalue weighted by Gasteiger charge is -2.13. The molecule has 0 spiro atoms. The number of carbonyl (C=O) groups excluding carboxylic acids is 3. The summed E-state index contributed by atoms with van der Waals surface area (Å²) in [6.45, 7) is 3.46. The number of hydrogen-bond donors (Lipinski definition) is 2. The van der Waals surface area contributed by atoms with E-state index in [-0.39, 0.29) is 17.7 Å². The number of benzene rings is 2. The van der Waals surface area contributed by atoms with Crippen LogP contribution in [0, 0.1) is 0 Å². The number of carbonyl (C=O) groups is 3. The molecule has 0 bridgehead atoms. The van der Waals surface area contributed by atoms with E-state index < -0.39 is 0 Å². The Morgan fingerprint density at radius 2 is 1.56 bits per heavy atom. The molecule has 2 aromatic carbocycles. The second-order valence-corrected chi connectivity index (χ2v) is 6.57. The van der Waals surface area contributed by atoms with Crippen LogP contribution in [0.25, 0.3) is 0 Å². The summed E-state index contributed by atoms with van der Waals surface area (Å²) in [5, 5.41) is 6.09. The van der Waals surface area contributed by atoms with Gasteiger partial charge in [0.05, 0.1) is 11.1 Å². The van der Waals surface area contributed by atoms with E-state index in [0.29, 0.717) is 17.7 Å². The molecule has 3 amide bonds. The topological polar surface area (TPSA) is 78.5 Å². The summed E-state index contributed by atoms with van der Waals surface area (Å²) < 4.78 is 0. The van der Waals surface area contributed by atoms with E-state index in [1.807, 2.05) is 24.3 Å². The van der Waals surface area contributed by atoms with Gasteiger partial charge in [0.25, 0.3) is 11.8 Å². The monoisotopic (exact) mass is 365 g/mol. The molecular formula is C21H23N3O3. The first-order chi connectivity index (χ1) is 13.1. The number of rotatable bonds is 8. The van der Waals surface area contributed by atoms with Gasteiger partial charge < -0.3 is 10.6 Å². The predicted molar refractivity (Wildman–Crippen MR) is 103 cm³/mol. The maximum Gasteiger partial charge on any atom is 0.261 e. The number of unbranched alkanes of at least 4 members (excludes halogenated alkanes) is 1. The van der Waals surface area contributed by atoms with Gasteiger partial charge in [-0.3, -0.25) is 19.3 Å². The van der Waals surface area contributed by atoms with E-state index in [4.69, 9.17) is 0 Å². The molecule has 0 atom stereocenters. The van der Waals surface area contributed by atoms with Crippen LogP contribution in [0.5, 0.6) is 0 Å². The highest BCUT2D eigenvalue weighted by Crippen LogP contribution is 2.22. The van der Waals surface area contributed by atoms with Gasteiger partial charge in [0.2, 0.25) is 5.91 Å². The molecule has 0 saturated heterocycles. The van der Waals surface area contributed by atoms with Gasteiger partial charge in [0.15, 0.2) is 0 Å². The smallest absolute Gasteiger partial charge is 0.261 e. The van der Waals surface area contributed by atoms with Crippen molar-refractivity contribution in [1.82, 2.24) is 10.2 Å². The number of nitrogens with zero attached hydrogens (tertiary/aromatic N) is 1. The zero-order chi connectivity index (χ0) is 19.2. The minimum absolute atomic E-state index is 0.0843. The Kier molecular flexibility index (Phi) is 5.98. The van der Waals surface area contributed by atoms with Crippen LogP contribution in [0.2, 0.25) is 0 Å². The van der Waals surface area contributed by atoms with E-state index in [1.165, 1.54) is 11.8 Å². The molecule has 27 heavy (non-hydrogen) atoms. The van der Waals surface area contributed by atoms with Crippen LogP contribution in [0.15, 0.2) is 48.5 Å². The lowest BCUT2D eigenvalue weighted by Crippen LogP contribution is -2.31. The molecule has 2 N–H and O–H groups in total. The summed E-state index contributed by atoms with van der Waals surface area (Å²) in [6.07, 6.45) is 1.64. The fraction of sp³-hybridized carbons (Fsp3) is 0.286. The number of nitrogens with one attached hydrogen (secondary N) is 2. The van der Waals surface area contributed by atoms with E-state index in [2.05, 4.69) is 10.6 Å². The Morgan fingerprint density at radius 3 is 2.15 bits per heavy atom. The third-order valence-corrected chi connectivity index (χ3v) is 4.47. The van der Waals surface area contributed by atoms with Crippen molar-refractivity contribution in [2.24, 2.45) is 0 Å². The zero-order valence-electron chi connectivity index (χ0n) is 15.3. The van der Waals surface area contributed by atoms with Crippen molar-refractivity contribution in [2.75, 3.05) is 18.4 Å². The number of imide groups is 1. The highest BCUT2D eigenvalue weighted by molar-refractivity contribution is 6.21. The normalized spacial score (nSPS) is 13.0. The first kappa shape index (κ1) is 18.8. The van der Waals surface area contributed by atoms with E-state index in [0.717, 1.165) is 37.2 Å². The second kappa shape index (κ2) is 8.60. The van der Waals surface area contributed by atoms with Crippen molar-refractivity contribution in [3.8, 4) is 0 Å². The highest BCUT2D eigenvalue weighted by atomic mass is 16.2. The molecule has 0 aromatic heterocycles. The van der Waals surface area contributed by atoms with Crippen LogP contribution in [0.3, 0.4) is 0 Å². The van der Waals surface area contributed by atoms with Gasteiger partial charge in [0.1, 0.15) is 0 Å². The molecule has 2 aromatic rings. The molecule has 3 rings (SSSR count). The molecule has 0 fully saturated rings. The Labute approximate surface area is 158 Å². The van der Waals surface area contributed by atoms with Crippen LogP contribution >= 0.6 is 0 Å². The van der Waals surface area contributed by atoms with Gasteiger partial charge in [-0.05, 0) is 49.2 Å². The first-order valence-electron chi connectivity index (χ1n) is 9.09. The minimum Gasteiger partial charge on any atom is -0.326 e. The second-order valence-electron chi connectivity index (χ2n) is 6.57. The van der Waals surface area contributed by atoms with E-state index in [9.17, 15) is 14.4 Å². The average molecular weight is 365 g/mol. The lowest BCUT2D eigenvalue weighted by molar-refractivity contribution is -0.114. The molecule has 6 heteroatoms. The molecule has 0 radical (unpaired) electrons. The molecule has 140 valence electrons. The van der Waals surface area contributed by atoms with Gasteiger partial charge in [0, 0.05) is 25.7 Å². The Morgan fingerprint density at radius 1 is 0.926 bits per heavy atom.